The molecule has 2 aromatic carbocycles. The van der Waals surface area contributed by atoms with Crippen LogP contribution in [0.25, 0.3) is 11.1 Å². The second-order valence-corrected chi connectivity index (χ2v) is 8.29. The van der Waals surface area contributed by atoms with Crippen molar-refractivity contribution in [3.63, 3.8) is 0 Å². The van der Waals surface area contributed by atoms with E-state index >= 15 is 0 Å². The zero-order chi connectivity index (χ0) is 23.4. The molecule has 8 nitrogen and oxygen atoms in total. The Bertz CT molecular complexity index is 1060. The van der Waals surface area contributed by atoms with Gasteiger partial charge >= 0.3 is 12.1 Å². The molecule has 1 saturated carbocycles. The van der Waals surface area contributed by atoms with Crippen LogP contribution in [0.1, 0.15) is 42.7 Å². The molecule has 0 saturated heterocycles. The molecule has 2 amide bonds. The number of rotatable bonds is 9. The van der Waals surface area contributed by atoms with Crippen molar-refractivity contribution in [3.05, 3.63) is 59.7 Å². The maximum Gasteiger partial charge on any atom is 0.407 e. The molecule has 0 aromatic heterocycles. The third kappa shape index (κ3) is 4.98. The normalized spacial score (nSPS) is 15.0. The summed E-state index contributed by atoms with van der Waals surface area (Å²) < 4.78 is 5.47. The Morgan fingerprint density at radius 1 is 1.09 bits per heavy atom. The molecular weight excluding hydrogens is 422 g/mol. The van der Waals surface area contributed by atoms with Crippen LogP contribution in [0.5, 0.6) is 0 Å². The highest BCUT2D eigenvalue weighted by Crippen LogP contribution is 2.44. The van der Waals surface area contributed by atoms with Crippen molar-refractivity contribution in [1.82, 2.24) is 10.2 Å². The number of nitriles is 1. The van der Waals surface area contributed by atoms with Gasteiger partial charge in [0.05, 0.1) is 18.9 Å². The second-order valence-electron chi connectivity index (χ2n) is 8.29. The Morgan fingerprint density at radius 2 is 1.70 bits per heavy atom. The van der Waals surface area contributed by atoms with Gasteiger partial charge in [0.1, 0.15) is 12.6 Å². The number of hydrogen-bond acceptors (Lipinski definition) is 5. The average Bonchev–Trinajstić information content (AvgIpc) is 3.59. The number of amides is 2. The number of nitrogens with zero attached hydrogens (tertiary/aromatic N) is 2. The molecule has 170 valence electrons. The van der Waals surface area contributed by atoms with E-state index in [1.807, 2.05) is 54.6 Å². The smallest absolute Gasteiger partial charge is 0.407 e. The summed E-state index contributed by atoms with van der Waals surface area (Å²) in [6.45, 7) is 0.275. The maximum atomic E-state index is 13.0. The van der Waals surface area contributed by atoms with Crippen LogP contribution in [0.3, 0.4) is 0 Å². The fourth-order valence-electron chi connectivity index (χ4n) is 4.39. The number of aliphatic carboxylic acids is 1. The van der Waals surface area contributed by atoms with E-state index in [1.165, 1.54) is 4.90 Å². The van der Waals surface area contributed by atoms with E-state index in [0.717, 1.165) is 35.1 Å². The number of ether oxygens (including phenoxy) is 1. The summed E-state index contributed by atoms with van der Waals surface area (Å²) in [5.41, 5.74) is 4.30. The zero-order valence-corrected chi connectivity index (χ0v) is 18.1. The standard InChI is InChI=1S/C25H25N3O5/c26-12-5-13-28(16-10-11-16)24(31)22(14-23(29)30)27-25(32)33-15-21-19-8-3-1-6-17(19)18-7-2-4-9-20(18)21/h1-4,6-9,16,21-22H,5,10-11,13-15H2,(H,27,32)(H,29,30). The summed E-state index contributed by atoms with van der Waals surface area (Å²) in [7, 11) is 0. The van der Waals surface area contributed by atoms with Crippen molar-refractivity contribution in [1.29, 1.82) is 5.26 Å². The van der Waals surface area contributed by atoms with Crippen molar-refractivity contribution in [3.8, 4) is 17.2 Å². The summed E-state index contributed by atoms with van der Waals surface area (Å²) >= 11 is 0. The first kappa shape index (κ1) is 22.3. The lowest BCUT2D eigenvalue weighted by Gasteiger charge is -2.26. The Morgan fingerprint density at radius 3 is 2.24 bits per heavy atom. The number of hydrogen-bond donors (Lipinski definition) is 2. The first-order valence-corrected chi connectivity index (χ1v) is 11.0. The second kappa shape index (κ2) is 9.74. The topological polar surface area (TPSA) is 120 Å². The number of carbonyl (C=O) groups excluding carboxylic acids is 2. The lowest BCUT2D eigenvalue weighted by atomic mass is 9.98. The summed E-state index contributed by atoms with van der Waals surface area (Å²) in [6.07, 6.45) is 0.364. The fourth-order valence-corrected chi connectivity index (χ4v) is 4.39. The third-order valence-electron chi connectivity index (χ3n) is 6.05. The van der Waals surface area contributed by atoms with Gasteiger partial charge in [-0.15, -0.1) is 0 Å². The van der Waals surface area contributed by atoms with E-state index in [-0.39, 0.29) is 31.5 Å². The van der Waals surface area contributed by atoms with Crippen molar-refractivity contribution in [2.75, 3.05) is 13.2 Å². The van der Waals surface area contributed by atoms with Gasteiger partial charge in [0, 0.05) is 18.5 Å². The molecule has 33 heavy (non-hydrogen) atoms. The minimum Gasteiger partial charge on any atom is -0.481 e. The number of carboxylic acids is 1. The number of alkyl carbamates (subject to hydrolysis) is 1. The molecule has 1 fully saturated rings. The van der Waals surface area contributed by atoms with Gasteiger partial charge in [-0.2, -0.15) is 5.26 Å². The molecule has 1 unspecified atom stereocenters. The first-order valence-electron chi connectivity index (χ1n) is 11.0. The molecule has 2 aromatic rings. The Labute approximate surface area is 191 Å². The van der Waals surface area contributed by atoms with Gasteiger partial charge in [0.2, 0.25) is 5.91 Å². The van der Waals surface area contributed by atoms with Crippen LogP contribution in [-0.2, 0) is 14.3 Å². The highest BCUT2D eigenvalue weighted by molar-refractivity contribution is 5.89. The number of carboxylic acid groups (broad SMARTS) is 1. The van der Waals surface area contributed by atoms with E-state index in [9.17, 15) is 19.5 Å². The highest BCUT2D eigenvalue weighted by Gasteiger charge is 2.37. The molecular formula is C25H25N3O5. The van der Waals surface area contributed by atoms with Gasteiger partial charge in [-0.3, -0.25) is 9.59 Å². The number of carbonyl (C=O) groups is 3. The van der Waals surface area contributed by atoms with Crippen molar-refractivity contribution in [2.24, 2.45) is 0 Å². The molecule has 1 atom stereocenters. The summed E-state index contributed by atoms with van der Waals surface area (Å²) in [5, 5.41) is 20.6. The van der Waals surface area contributed by atoms with Crippen LogP contribution in [0.15, 0.2) is 48.5 Å². The van der Waals surface area contributed by atoms with Crippen LogP contribution in [0.2, 0.25) is 0 Å². The largest absolute Gasteiger partial charge is 0.481 e. The molecule has 0 spiro atoms. The molecule has 0 radical (unpaired) electrons. The summed E-state index contributed by atoms with van der Waals surface area (Å²) in [6, 6.07) is 16.6. The van der Waals surface area contributed by atoms with E-state index in [0.29, 0.717) is 0 Å². The van der Waals surface area contributed by atoms with Gasteiger partial charge < -0.3 is 20.1 Å². The zero-order valence-electron chi connectivity index (χ0n) is 18.1. The van der Waals surface area contributed by atoms with E-state index in [1.54, 1.807) is 0 Å². The monoisotopic (exact) mass is 447 g/mol. The van der Waals surface area contributed by atoms with E-state index in [4.69, 9.17) is 10.00 Å². The number of fused-ring (bicyclic) bond motifs is 3. The van der Waals surface area contributed by atoms with Gasteiger partial charge in [0.15, 0.2) is 0 Å². The molecule has 4 rings (SSSR count). The van der Waals surface area contributed by atoms with Gasteiger partial charge in [0.25, 0.3) is 0 Å². The van der Waals surface area contributed by atoms with Gasteiger partial charge in [-0.25, -0.2) is 4.79 Å². The molecule has 0 heterocycles. The summed E-state index contributed by atoms with van der Waals surface area (Å²) in [4.78, 5) is 38.4. The Kier molecular flexibility index (Phi) is 6.59. The lowest BCUT2D eigenvalue weighted by molar-refractivity contribution is -0.142. The fraction of sp³-hybridized carbons (Fsp3) is 0.360. The molecule has 0 aliphatic heterocycles. The summed E-state index contributed by atoms with van der Waals surface area (Å²) in [5.74, 6) is -1.85. The van der Waals surface area contributed by atoms with E-state index < -0.39 is 30.4 Å². The Hall–Kier alpha value is -3.86. The lowest BCUT2D eigenvalue weighted by Crippen LogP contribution is -2.50. The van der Waals surface area contributed by atoms with Gasteiger partial charge in [-0.05, 0) is 35.1 Å². The number of nitrogens with one attached hydrogen (secondary N) is 1. The predicted octanol–water partition coefficient (Wildman–Crippen LogP) is 3.27. The maximum absolute atomic E-state index is 13.0. The molecule has 8 heteroatoms. The van der Waals surface area contributed by atoms with Crippen LogP contribution in [-0.4, -0.2) is 53.2 Å². The Balaban J connectivity index is 1.43. The molecule has 0 bridgehead atoms. The minimum atomic E-state index is -1.25. The van der Waals surface area contributed by atoms with Crippen LogP contribution in [0.4, 0.5) is 4.79 Å². The van der Waals surface area contributed by atoms with Crippen molar-refractivity contribution >= 4 is 18.0 Å². The van der Waals surface area contributed by atoms with Crippen LogP contribution < -0.4 is 5.32 Å². The third-order valence-corrected chi connectivity index (χ3v) is 6.05. The van der Waals surface area contributed by atoms with Crippen LogP contribution in [0, 0.1) is 11.3 Å². The SMILES string of the molecule is N#CCCN(C(=O)C(CC(=O)O)NC(=O)OCC1c2ccccc2-c2ccccc21)C1CC1. The van der Waals surface area contributed by atoms with Crippen LogP contribution >= 0.6 is 0 Å². The number of benzene rings is 2. The first-order chi connectivity index (χ1) is 16.0. The van der Waals surface area contributed by atoms with Crippen molar-refractivity contribution < 1.29 is 24.2 Å². The molecule has 2 aliphatic carbocycles. The van der Waals surface area contributed by atoms with E-state index in [2.05, 4.69) is 5.32 Å². The molecule has 2 aliphatic rings. The molecule has 2 N–H and O–H groups in total. The quantitative estimate of drug-likeness (QED) is 0.609. The van der Waals surface area contributed by atoms with Crippen molar-refractivity contribution in [2.45, 2.75) is 43.7 Å². The average molecular weight is 447 g/mol. The minimum absolute atomic E-state index is 0.00791. The highest BCUT2D eigenvalue weighted by atomic mass is 16.5. The predicted molar refractivity (Wildman–Crippen MR) is 119 cm³/mol. The van der Waals surface area contributed by atoms with Gasteiger partial charge in [-0.1, -0.05) is 48.5 Å².